The van der Waals surface area contributed by atoms with Gasteiger partial charge in [-0.1, -0.05) is 24.3 Å². The predicted molar refractivity (Wildman–Crippen MR) is 66.0 cm³/mol. The first kappa shape index (κ1) is 9.92. The van der Waals surface area contributed by atoms with Gasteiger partial charge in [0.15, 0.2) is 0 Å². The summed E-state index contributed by atoms with van der Waals surface area (Å²) in [6, 6.07) is 7.87. The summed E-state index contributed by atoms with van der Waals surface area (Å²) < 4.78 is 18.1. The van der Waals surface area contributed by atoms with Crippen LogP contribution in [0.15, 0.2) is 42.2 Å². The first-order chi connectivity index (χ1) is 7.68. The van der Waals surface area contributed by atoms with Crippen molar-refractivity contribution >= 4 is 18.2 Å². The van der Waals surface area contributed by atoms with Crippen molar-refractivity contribution in [2.75, 3.05) is 6.66 Å². The molecule has 0 amide bonds. The van der Waals surface area contributed by atoms with Crippen molar-refractivity contribution in [1.29, 1.82) is 0 Å². The molecule has 82 valence electrons. The smallest absolute Gasteiger partial charge is 0.274 e. The average Bonchev–Trinajstić information content (AvgIpc) is 2.29. The molecule has 0 saturated heterocycles. The number of benzene rings is 1. The molecule has 2 aliphatic rings. The maximum Gasteiger partial charge on any atom is 0.274 e. The van der Waals surface area contributed by atoms with Crippen molar-refractivity contribution in [2.45, 2.75) is 12.8 Å². The summed E-state index contributed by atoms with van der Waals surface area (Å²) in [6.07, 6.45) is 6.03. The fraction of sp³-hybridized carbons (Fsp3) is 0.231. The molecule has 0 aromatic heterocycles. The maximum absolute atomic E-state index is 12.4. The molecule has 1 unspecified atom stereocenters. The van der Waals surface area contributed by atoms with Crippen LogP contribution in [0.3, 0.4) is 0 Å². The van der Waals surface area contributed by atoms with E-state index in [2.05, 4.69) is 6.08 Å². The van der Waals surface area contributed by atoms with Crippen molar-refractivity contribution < 1.29 is 9.09 Å². The van der Waals surface area contributed by atoms with E-state index in [9.17, 15) is 4.57 Å². The van der Waals surface area contributed by atoms with Crippen LogP contribution in [0.4, 0.5) is 0 Å². The predicted octanol–water partition coefficient (Wildman–Crippen LogP) is 3.31. The quantitative estimate of drug-likeness (QED) is 0.641. The lowest BCUT2D eigenvalue weighted by Crippen LogP contribution is -2.18. The third-order valence-corrected chi connectivity index (χ3v) is 4.88. The van der Waals surface area contributed by atoms with Gasteiger partial charge in [0.1, 0.15) is 5.76 Å². The molecule has 1 aliphatic carbocycles. The molecule has 1 heterocycles. The first-order valence-electron chi connectivity index (χ1n) is 5.45. The molecule has 1 aliphatic heterocycles. The number of hydrogen-bond donors (Lipinski definition) is 0. The van der Waals surface area contributed by atoms with Gasteiger partial charge in [-0.05, 0) is 30.5 Å². The van der Waals surface area contributed by atoms with Crippen LogP contribution >= 0.6 is 7.37 Å². The highest BCUT2D eigenvalue weighted by Crippen LogP contribution is 2.52. The van der Waals surface area contributed by atoms with E-state index >= 15 is 0 Å². The lowest BCUT2D eigenvalue weighted by molar-refractivity contribution is 0.427. The largest absolute Gasteiger partial charge is 0.440 e. The van der Waals surface area contributed by atoms with Crippen LogP contribution in [0.25, 0.3) is 5.57 Å². The van der Waals surface area contributed by atoms with Crippen molar-refractivity contribution in [1.82, 2.24) is 0 Å². The summed E-state index contributed by atoms with van der Waals surface area (Å²) in [5.41, 5.74) is 2.31. The molecule has 0 saturated carbocycles. The average molecular weight is 232 g/mol. The molecule has 1 atom stereocenters. The van der Waals surface area contributed by atoms with Gasteiger partial charge in [-0.2, -0.15) is 0 Å². The molecule has 0 bridgehead atoms. The van der Waals surface area contributed by atoms with E-state index in [4.69, 9.17) is 4.52 Å². The normalized spacial score (nSPS) is 27.1. The highest BCUT2D eigenvalue weighted by molar-refractivity contribution is 7.66. The minimum atomic E-state index is -2.68. The highest BCUT2D eigenvalue weighted by Gasteiger charge is 2.32. The standard InChI is InChI=1S/C13H13O2P/c1-16(14)13-9-5-3-7-11(13)10-6-2-4-8-12(10)15-16/h3-5,7-9H,2,6H2,1H3. The monoisotopic (exact) mass is 232 g/mol. The van der Waals surface area contributed by atoms with Crippen LogP contribution in [-0.4, -0.2) is 6.66 Å². The molecule has 3 heteroatoms. The second-order valence-corrected chi connectivity index (χ2v) is 6.59. The van der Waals surface area contributed by atoms with Crippen LogP contribution in [0.5, 0.6) is 0 Å². The molecular formula is C13H13O2P. The zero-order valence-corrected chi connectivity index (χ0v) is 10.0. The maximum atomic E-state index is 12.4. The fourth-order valence-electron chi connectivity index (χ4n) is 2.31. The highest BCUT2D eigenvalue weighted by atomic mass is 31.2. The molecule has 0 N–H and O–H groups in total. The summed E-state index contributed by atoms with van der Waals surface area (Å²) in [5.74, 6) is 0.802. The molecule has 0 radical (unpaired) electrons. The number of rotatable bonds is 0. The van der Waals surface area contributed by atoms with Gasteiger partial charge in [0, 0.05) is 12.2 Å². The summed E-state index contributed by atoms with van der Waals surface area (Å²) in [7, 11) is -2.68. The molecule has 0 spiro atoms. The van der Waals surface area contributed by atoms with Gasteiger partial charge >= 0.3 is 0 Å². The van der Waals surface area contributed by atoms with Crippen LogP contribution in [-0.2, 0) is 9.09 Å². The molecule has 0 fully saturated rings. The molecule has 1 aromatic carbocycles. The van der Waals surface area contributed by atoms with Crippen LogP contribution < -0.4 is 5.30 Å². The summed E-state index contributed by atoms with van der Waals surface area (Å²) in [5, 5.41) is 0.865. The zero-order chi connectivity index (χ0) is 11.2. The Morgan fingerprint density at radius 2 is 2.12 bits per heavy atom. The van der Waals surface area contributed by atoms with Crippen LogP contribution in [0, 0.1) is 0 Å². The van der Waals surface area contributed by atoms with Gasteiger partial charge in [-0.25, -0.2) is 0 Å². The Labute approximate surface area is 95.1 Å². The Morgan fingerprint density at radius 1 is 1.31 bits per heavy atom. The van der Waals surface area contributed by atoms with E-state index in [1.807, 2.05) is 30.3 Å². The molecule has 1 aromatic rings. The second kappa shape index (κ2) is 3.36. The third kappa shape index (κ3) is 1.37. The number of fused-ring (bicyclic) bond motifs is 2. The Hall–Kier alpha value is -1.27. The van der Waals surface area contributed by atoms with Gasteiger partial charge in [0.05, 0.1) is 5.30 Å². The molecule has 16 heavy (non-hydrogen) atoms. The molecule has 3 rings (SSSR count). The van der Waals surface area contributed by atoms with E-state index in [0.29, 0.717) is 0 Å². The Bertz CT molecular complexity index is 555. The summed E-state index contributed by atoms with van der Waals surface area (Å²) >= 11 is 0. The van der Waals surface area contributed by atoms with Gasteiger partial charge in [0.25, 0.3) is 7.37 Å². The van der Waals surface area contributed by atoms with Crippen LogP contribution in [0.1, 0.15) is 18.4 Å². The van der Waals surface area contributed by atoms with Crippen molar-refractivity contribution in [3.05, 3.63) is 47.7 Å². The fourth-order valence-corrected chi connectivity index (χ4v) is 3.96. The lowest BCUT2D eigenvalue weighted by Gasteiger charge is -2.28. The second-order valence-electron chi connectivity index (χ2n) is 4.24. The van der Waals surface area contributed by atoms with Gasteiger partial charge in [0.2, 0.25) is 0 Å². The zero-order valence-electron chi connectivity index (χ0n) is 9.14. The minimum Gasteiger partial charge on any atom is -0.440 e. The number of allylic oxidation sites excluding steroid dienone is 3. The van der Waals surface area contributed by atoms with Crippen molar-refractivity contribution in [3.8, 4) is 0 Å². The lowest BCUT2D eigenvalue weighted by atomic mass is 9.96. The van der Waals surface area contributed by atoms with Crippen molar-refractivity contribution in [3.63, 3.8) is 0 Å². The third-order valence-electron chi connectivity index (χ3n) is 3.07. The molecule has 2 nitrogen and oxygen atoms in total. The van der Waals surface area contributed by atoms with Crippen LogP contribution in [0.2, 0.25) is 0 Å². The van der Waals surface area contributed by atoms with Gasteiger partial charge in [-0.3, -0.25) is 4.57 Å². The Balaban J connectivity index is 2.29. The van der Waals surface area contributed by atoms with E-state index in [1.54, 1.807) is 6.66 Å². The van der Waals surface area contributed by atoms with E-state index in [0.717, 1.165) is 29.5 Å². The van der Waals surface area contributed by atoms with E-state index in [-0.39, 0.29) is 0 Å². The molecular weight excluding hydrogens is 219 g/mol. The van der Waals surface area contributed by atoms with Crippen molar-refractivity contribution in [2.24, 2.45) is 0 Å². The first-order valence-corrected chi connectivity index (χ1v) is 7.52. The van der Waals surface area contributed by atoms with E-state index < -0.39 is 7.37 Å². The van der Waals surface area contributed by atoms with Gasteiger partial charge in [-0.15, -0.1) is 0 Å². The Kier molecular flexibility index (Phi) is 2.08. The topological polar surface area (TPSA) is 26.3 Å². The Morgan fingerprint density at radius 3 is 3.00 bits per heavy atom. The SMILES string of the molecule is CP1(=O)OC2=C(CCC=C2)c2ccccc21. The van der Waals surface area contributed by atoms with E-state index in [1.165, 1.54) is 5.57 Å². The number of hydrogen-bond acceptors (Lipinski definition) is 2. The summed E-state index contributed by atoms with van der Waals surface area (Å²) in [6.45, 7) is 1.69. The summed E-state index contributed by atoms with van der Waals surface area (Å²) in [4.78, 5) is 0. The minimum absolute atomic E-state index is 0.802. The van der Waals surface area contributed by atoms with Gasteiger partial charge < -0.3 is 4.52 Å².